The second kappa shape index (κ2) is 12.5. The van der Waals surface area contributed by atoms with Crippen LogP contribution in [0, 0.1) is 18.6 Å². The van der Waals surface area contributed by atoms with Crippen molar-refractivity contribution in [3.8, 4) is 23.1 Å². The molecule has 11 nitrogen and oxygen atoms in total. The Kier molecular flexibility index (Phi) is 8.30. The normalized spacial score (nSPS) is 12.9. The molecule has 1 amide bonds. The number of ketones is 1. The highest BCUT2D eigenvalue weighted by Crippen LogP contribution is 2.34. The molecule has 1 aliphatic heterocycles. The zero-order valence-electron chi connectivity index (χ0n) is 24.4. The van der Waals surface area contributed by atoms with Gasteiger partial charge in [0.15, 0.2) is 11.6 Å². The molecule has 0 bridgehead atoms. The number of nitrogens with zero attached hydrogens (tertiary/aromatic N) is 4. The fourth-order valence-corrected chi connectivity index (χ4v) is 5.81. The van der Waals surface area contributed by atoms with Crippen molar-refractivity contribution in [2.24, 2.45) is 0 Å². The van der Waals surface area contributed by atoms with Crippen LogP contribution in [-0.2, 0) is 4.79 Å². The van der Waals surface area contributed by atoms with Gasteiger partial charge >= 0.3 is 0 Å². The third kappa shape index (κ3) is 6.00. The fraction of sp³-hybridized carbons (Fsp3) is 0.226. The van der Waals surface area contributed by atoms with Crippen molar-refractivity contribution in [3.05, 3.63) is 83.3 Å². The highest BCUT2D eigenvalue weighted by molar-refractivity contribution is 8.01. The minimum atomic E-state index is -0.857. The van der Waals surface area contributed by atoms with Gasteiger partial charge in [0.1, 0.15) is 11.6 Å². The van der Waals surface area contributed by atoms with E-state index in [1.54, 1.807) is 26.2 Å². The number of methoxy groups -OCH3 is 1. The quantitative estimate of drug-likeness (QED) is 0.132. The molecule has 0 spiro atoms. The number of H-pyrrole nitrogens is 1. The van der Waals surface area contributed by atoms with E-state index in [0.717, 1.165) is 43.5 Å². The number of likely N-dealkylation sites (tertiary alicyclic amines) is 1. The summed E-state index contributed by atoms with van der Waals surface area (Å²) in [4.78, 5) is 35.1. The third-order valence-corrected chi connectivity index (χ3v) is 8.24. The van der Waals surface area contributed by atoms with E-state index >= 15 is 0 Å². The van der Waals surface area contributed by atoms with Crippen molar-refractivity contribution in [2.45, 2.75) is 19.8 Å². The number of aryl methyl sites for hydroxylation is 1. The van der Waals surface area contributed by atoms with Crippen molar-refractivity contribution in [2.75, 3.05) is 36.4 Å². The molecule has 45 heavy (non-hydrogen) atoms. The number of hydrogen-bond donors (Lipinski definition) is 3. The number of aromatic amines is 1. The number of nitrogens with one attached hydrogen (secondary N) is 2. The van der Waals surface area contributed by atoms with Crippen molar-refractivity contribution in [1.29, 1.82) is 0 Å². The molecule has 1 fully saturated rings. The van der Waals surface area contributed by atoms with Gasteiger partial charge in [-0.3, -0.25) is 9.59 Å². The van der Waals surface area contributed by atoms with Crippen molar-refractivity contribution in [3.63, 3.8) is 0 Å². The highest BCUT2D eigenvalue weighted by atomic mass is 32.2. The maximum absolute atomic E-state index is 14.0. The Morgan fingerprint density at radius 2 is 1.87 bits per heavy atom. The highest BCUT2D eigenvalue weighted by Gasteiger charge is 2.22. The predicted octanol–water partition coefficient (Wildman–Crippen LogP) is 5.63. The van der Waals surface area contributed by atoms with Crippen LogP contribution in [0.2, 0.25) is 0 Å². The monoisotopic (exact) mass is 633 g/mol. The number of benzene rings is 2. The Labute approximate surface area is 260 Å². The largest absolute Gasteiger partial charge is 0.495 e. The van der Waals surface area contributed by atoms with Crippen LogP contribution in [0.3, 0.4) is 0 Å². The van der Waals surface area contributed by atoms with E-state index in [1.165, 1.54) is 41.2 Å². The van der Waals surface area contributed by atoms with Gasteiger partial charge < -0.3 is 29.8 Å². The molecule has 1 saturated heterocycles. The molecule has 0 atom stereocenters. The molecule has 0 saturated carbocycles. The summed E-state index contributed by atoms with van der Waals surface area (Å²) >= 11 is 1.28. The van der Waals surface area contributed by atoms with Crippen molar-refractivity contribution < 1.29 is 27.8 Å². The van der Waals surface area contributed by atoms with E-state index in [-0.39, 0.29) is 40.4 Å². The average molecular weight is 634 g/mol. The lowest BCUT2D eigenvalue weighted by Gasteiger charge is -2.15. The first-order chi connectivity index (χ1) is 21.7. The Morgan fingerprint density at radius 3 is 2.58 bits per heavy atom. The number of carbonyl (C=O) groups is 2. The molecular weight excluding hydrogens is 604 g/mol. The van der Waals surface area contributed by atoms with E-state index in [2.05, 4.69) is 19.8 Å². The van der Waals surface area contributed by atoms with Crippen LogP contribution in [0.25, 0.3) is 16.6 Å². The number of anilines is 2. The van der Waals surface area contributed by atoms with Gasteiger partial charge in [0.05, 0.1) is 47.9 Å². The van der Waals surface area contributed by atoms with Crippen LogP contribution in [-0.4, -0.2) is 62.3 Å². The van der Waals surface area contributed by atoms with Gasteiger partial charge in [-0.1, -0.05) is 6.07 Å². The maximum Gasteiger partial charge on any atom is 0.234 e. The van der Waals surface area contributed by atoms with Crippen LogP contribution in [0.4, 0.5) is 20.3 Å². The minimum Gasteiger partial charge on any atom is -0.495 e. The summed E-state index contributed by atoms with van der Waals surface area (Å²) in [5.41, 5.74) is 9.20. The number of halogens is 2. The summed E-state index contributed by atoms with van der Waals surface area (Å²) in [6, 6.07) is 10.2. The molecule has 4 N–H and O–H groups in total. The Hall–Kier alpha value is -5.11. The van der Waals surface area contributed by atoms with E-state index in [4.69, 9.17) is 15.2 Å². The van der Waals surface area contributed by atoms with Gasteiger partial charge in [0.25, 0.3) is 0 Å². The van der Waals surface area contributed by atoms with Gasteiger partial charge in [-0.15, -0.1) is 0 Å². The Bertz CT molecular complexity index is 1900. The molecule has 2 aromatic carbocycles. The lowest BCUT2D eigenvalue weighted by Crippen LogP contribution is -2.29. The lowest BCUT2D eigenvalue weighted by atomic mass is 10.1. The topological polar surface area (TPSA) is 140 Å². The van der Waals surface area contributed by atoms with Crippen LogP contribution in [0.1, 0.15) is 34.5 Å². The summed E-state index contributed by atoms with van der Waals surface area (Å²) in [5.74, 6) is -1.67. The van der Waals surface area contributed by atoms with E-state index in [9.17, 15) is 18.4 Å². The van der Waals surface area contributed by atoms with E-state index in [0.29, 0.717) is 28.2 Å². The number of nitrogens with two attached hydrogens (primary N) is 1. The molecule has 1 aliphatic rings. The maximum atomic E-state index is 14.0. The number of para-hydroxylation sites is 1. The summed E-state index contributed by atoms with van der Waals surface area (Å²) in [7, 11) is 1.55. The van der Waals surface area contributed by atoms with Crippen molar-refractivity contribution >= 4 is 46.0 Å². The first-order valence-electron chi connectivity index (χ1n) is 14.1. The van der Waals surface area contributed by atoms with Crippen LogP contribution in [0.5, 0.6) is 17.4 Å². The van der Waals surface area contributed by atoms with Gasteiger partial charge in [0, 0.05) is 30.1 Å². The van der Waals surface area contributed by atoms with Crippen LogP contribution >= 0.6 is 11.9 Å². The standard InChI is InChI=1S/C31H29F2N7O4S/c1-17-10-27(44-30-20(32)6-5-7-21(30)33)35-15-25(17)40-31(34)19(14-36-40)29(42)24-11-18-12-26(43-2)23(13-22(18)37-24)38-45-16-28(41)39-8-3-4-9-39/h5-7,10-15,37-38H,3-4,8-9,16,34H2,1-2H3. The smallest absolute Gasteiger partial charge is 0.234 e. The SMILES string of the molecule is COc1cc2cc(C(=O)c3cnn(-c4cnc(Oc5c(F)cccc5F)cc4C)c3N)[nH]c2cc1NSCC(=O)N1CCCC1. The molecule has 14 heteroatoms. The van der Waals surface area contributed by atoms with E-state index in [1.807, 2.05) is 11.0 Å². The number of nitrogen functional groups attached to an aromatic ring is 1. The Balaban J connectivity index is 1.19. The minimum absolute atomic E-state index is 0.0266. The number of ether oxygens (including phenoxy) is 2. The number of pyridine rings is 1. The molecular formula is C31H29F2N7O4S. The van der Waals surface area contributed by atoms with E-state index < -0.39 is 17.4 Å². The van der Waals surface area contributed by atoms with Gasteiger partial charge in [0.2, 0.25) is 23.3 Å². The zero-order chi connectivity index (χ0) is 31.7. The first kappa shape index (κ1) is 29.9. The predicted molar refractivity (Wildman–Crippen MR) is 167 cm³/mol. The first-order valence-corrected chi connectivity index (χ1v) is 15.1. The third-order valence-electron chi connectivity index (χ3n) is 7.48. The second-order valence-corrected chi connectivity index (χ2v) is 11.2. The average Bonchev–Trinajstić information content (AvgIpc) is 3.79. The molecule has 0 radical (unpaired) electrons. The van der Waals surface area contributed by atoms with Crippen LogP contribution < -0.4 is 19.9 Å². The molecule has 232 valence electrons. The summed E-state index contributed by atoms with van der Waals surface area (Å²) < 4.78 is 43.5. The number of carbonyl (C=O) groups excluding carboxylic acids is 2. The van der Waals surface area contributed by atoms with Gasteiger partial charge in [-0.05, 0) is 67.6 Å². The summed E-state index contributed by atoms with van der Waals surface area (Å²) in [5, 5.41) is 5.04. The molecule has 5 aromatic rings. The van der Waals surface area contributed by atoms with Gasteiger partial charge in [-0.25, -0.2) is 18.4 Å². The number of fused-ring (bicyclic) bond motifs is 1. The molecule has 0 unspecified atom stereocenters. The molecule has 4 heterocycles. The Morgan fingerprint density at radius 1 is 1.11 bits per heavy atom. The fourth-order valence-electron chi connectivity index (χ4n) is 5.12. The molecule has 0 aliphatic carbocycles. The zero-order valence-corrected chi connectivity index (χ0v) is 25.2. The second-order valence-electron chi connectivity index (χ2n) is 10.4. The van der Waals surface area contributed by atoms with Crippen LogP contribution in [0.15, 0.2) is 54.9 Å². The number of amides is 1. The summed E-state index contributed by atoms with van der Waals surface area (Å²) in [6.45, 7) is 3.32. The summed E-state index contributed by atoms with van der Waals surface area (Å²) in [6.07, 6.45) is 4.83. The van der Waals surface area contributed by atoms with Crippen molar-refractivity contribution in [1.82, 2.24) is 24.6 Å². The van der Waals surface area contributed by atoms with Gasteiger partial charge in [-0.2, -0.15) is 5.10 Å². The number of hydrogen-bond acceptors (Lipinski definition) is 9. The number of rotatable bonds is 10. The molecule has 3 aromatic heterocycles. The molecule has 6 rings (SSSR count). The lowest BCUT2D eigenvalue weighted by molar-refractivity contribution is -0.127. The number of aromatic nitrogens is 4.